The van der Waals surface area contributed by atoms with Crippen LogP contribution in [0.3, 0.4) is 0 Å². The highest BCUT2D eigenvalue weighted by atomic mass is 32.2. The maximum Gasteiger partial charge on any atom is 0.333 e. The van der Waals surface area contributed by atoms with Crippen LogP contribution in [0.2, 0.25) is 0 Å². The molecular weight excluding hydrogens is 333 g/mol. The van der Waals surface area contributed by atoms with Crippen LogP contribution in [0.15, 0.2) is 35.5 Å². The van der Waals surface area contributed by atoms with Gasteiger partial charge < -0.3 is 4.74 Å². The molecule has 2 unspecified atom stereocenters. The fourth-order valence-electron chi connectivity index (χ4n) is 1.91. The molecule has 0 bridgehead atoms. The number of nitrogens with zero attached hydrogens (tertiary/aromatic N) is 2. The molecule has 0 saturated heterocycles. The molecule has 1 aromatic carbocycles. The maximum absolute atomic E-state index is 13.6. The lowest BCUT2D eigenvalue weighted by atomic mass is 10.1. The molecule has 126 valence electrons. The van der Waals surface area contributed by atoms with E-state index in [0.717, 1.165) is 0 Å². The van der Waals surface area contributed by atoms with E-state index in [-0.39, 0.29) is 4.68 Å². The van der Waals surface area contributed by atoms with Crippen LogP contribution in [0.1, 0.15) is 25.1 Å². The Hall–Kier alpha value is -2.07. The van der Waals surface area contributed by atoms with Crippen molar-refractivity contribution >= 4 is 9.92 Å². The average Bonchev–Trinajstić information content (AvgIpc) is 2.90. The number of alkyl halides is 2. The predicted octanol–water partition coefficient (Wildman–Crippen LogP) is 3.10. The second-order valence-corrected chi connectivity index (χ2v) is 6.44. The molecule has 6 nitrogen and oxygen atoms in total. The van der Waals surface area contributed by atoms with E-state index >= 15 is 0 Å². The molecule has 2 aromatic rings. The average molecular weight is 348 g/mol. The van der Waals surface area contributed by atoms with Gasteiger partial charge in [-0.3, -0.25) is 0 Å². The number of aromatic nitrogens is 2. The lowest BCUT2D eigenvalue weighted by Crippen LogP contribution is -2.27. The molecule has 0 spiro atoms. The summed E-state index contributed by atoms with van der Waals surface area (Å²) < 4.78 is 66.2. The van der Waals surface area contributed by atoms with Crippen LogP contribution in [-0.4, -0.2) is 21.1 Å². The number of rotatable bonds is 6. The molecule has 2 N–H and O–H groups in total. The van der Waals surface area contributed by atoms with Gasteiger partial charge in [-0.25, -0.2) is 22.8 Å². The van der Waals surface area contributed by atoms with E-state index in [1.807, 2.05) is 0 Å². The van der Waals surface area contributed by atoms with Crippen molar-refractivity contribution in [3.8, 4) is 5.75 Å². The highest BCUT2D eigenvalue weighted by Crippen LogP contribution is 2.22. The first-order valence-corrected chi connectivity index (χ1v) is 8.03. The van der Waals surface area contributed by atoms with Gasteiger partial charge in [-0.15, -0.1) is 0 Å². The third-order valence-corrected chi connectivity index (χ3v) is 4.59. The Morgan fingerprint density at radius 3 is 2.43 bits per heavy atom. The third kappa shape index (κ3) is 3.82. The Kier molecular flexibility index (Phi) is 4.95. The summed E-state index contributed by atoms with van der Waals surface area (Å²) in [5.41, 5.74) is 0.666. The number of ether oxygens (including phenoxy) is 1. The summed E-state index contributed by atoms with van der Waals surface area (Å²) in [6.45, 7) is -1.47. The van der Waals surface area contributed by atoms with Crippen LogP contribution in [0.4, 0.5) is 13.2 Å². The fourth-order valence-corrected chi connectivity index (χ4v) is 3.20. The Morgan fingerprint density at radius 1 is 1.35 bits per heavy atom. The summed E-state index contributed by atoms with van der Waals surface area (Å²) in [4.78, 5) is 0. The minimum Gasteiger partial charge on any atom is -0.497 e. The first-order chi connectivity index (χ1) is 10.7. The molecule has 23 heavy (non-hydrogen) atoms. The highest BCUT2D eigenvalue weighted by Gasteiger charge is 2.24. The monoisotopic (exact) mass is 348 g/mol. The Morgan fingerprint density at radius 2 is 1.96 bits per heavy atom. The second-order valence-electron chi connectivity index (χ2n) is 4.71. The number of hydrogen-bond donors (Lipinski definition) is 2. The van der Waals surface area contributed by atoms with Crippen molar-refractivity contribution in [2.45, 2.75) is 24.5 Å². The van der Waals surface area contributed by atoms with Gasteiger partial charge in [-0.2, -0.15) is 13.9 Å². The standard InChI is InChI=1S/C13H15F3N4O2S/c1-8(9-3-5-10(22-2)6-4-9)19-23(17,21)12-11(14)7-20(18-12)13(15)16/h3-8,13H,1-2H3,(H2,17,19,21). The molecule has 2 atom stereocenters. The first kappa shape index (κ1) is 17.3. The molecule has 10 heteroatoms. The van der Waals surface area contributed by atoms with Gasteiger partial charge in [0.1, 0.15) is 5.75 Å². The van der Waals surface area contributed by atoms with Crippen molar-refractivity contribution in [1.82, 2.24) is 14.5 Å². The molecule has 0 aliphatic rings. The van der Waals surface area contributed by atoms with Gasteiger partial charge in [0.05, 0.1) is 13.3 Å². The van der Waals surface area contributed by atoms with Gasteiger partial charge in [-0.1, -0.05) is 12.1 Å². The lowest BCUT2D eigenvalue weighted by Gasteiger charge is -2.16. The maximum atomic E-state index is 13.6. The van der Waals surface area contributed by atoms with E-state index in [9.17, 15) is 17.4 Å². The molecule has 1 aromatic heterocycles. The number of nitrogens with one attached hydrogen (secondary N) is 2. The second kappa shape index (κ2) is 6.59. The lowest BCUT2D eigenvalue weighted by molar-refractivity contribution is 0.0551. The molecular formula is C13H15F3N4O2S. The summed E-state index contributed by atoms with van der Waals surface area (Å²) in [5, 5.41) is 2.35. The van der Waals surface area contributed by atoms with Crippen molar-refractivity contribution in [3.63, 3.8) is 0 Å². The van der Waals surface area contributed by atoms with Crippen molar-refractivity contribution in [3.05, 3.63) is 41.8 Å². The number of methoxy groups -OCH3 is 1. The van der Waals surface area contributed by atoms with E-state index in [4.69, 9.17) is 9.52 Å². The van der Waals surface area contributed by atoms with Crippen LogP contribution in [0, 0.1) is 10.6 Å². The minimum absolute atomic E-state index is 0.0264. The van der Waals surface area contributed by atoms with E-state index in [1.165, 1.54) is 7.11 Å². The zero-order valence-corrected chi connectivity index (χ0v) is 13.1. The Labute approximate surface area is 131 Å². The summed E-state index contributed by atoms with van der Waals surface area (Å²) in [6, 6.07) is 6.11. The topological polar surface area (TPSA) is 80.0 Å². The first-order valence-electron chi connectivity index (χ1n) is 6.47. The number of hydrogen-bond acceptors (Lipinski definition) is 4. The highest BCUT2D eigenvalue weighted by molar-refractivity contribution is 7.90. The van der Waals surface area contributed by atoms with Gasteiger partial charge in [0.2, 0.25) is 5.03 Å². The summed E-state index contributed by atoms with van der Waals surface area (Å²) >= 11 is 0. The number of benzene rings is 1. The van der Waals surface area contributed by atoms with Crippen molar-refractivity contribution in [2.75, 3.05) is 7.11 Å². The summed E-state index contributed by atoms with van der Waals surface area (Å²) in [7, 11) is -2.38. The Balaban J connectivity index is 2.23. The molecule has 0 radical (unpaired) electrons. The predicted molar refractivity (Wildman–Crippen MR) is 77.1 cm³/mol. The van der Waals surface area contributed by atoms with Gasteiger partial charge in [0.25, 0.3) is 0 Å². The quantitative estimate of drug-likeness (QED) is 0.842. The molecule has 0 amide bonds. The fraction of sp³-hybridized carbons (Fsp3) is 0.308. The molecule has 0 fully saturated rings. The van der Waals surface area contributed by atoms with Gasteiger partial charge >= 0.3 is 6.55 Å². The zero-order chi connectivity index (χ0) is 17.2. The summed E-state index contributed by atoms with van der Waals surface area (Å²) in [6.07, 6.45) is 0.411. The van der Waals surface area contributed by atoms with Gasteiger partial charge in [0, 0.05) is 6.04 Å². The minimum atomic E-state index is -3.89. The third-order valence-electron chi connectivity index (χ3n) is 3.09. The van der Waals surface area contributed by atoms with Crippen LogP contribution in [0.25, 0.3) is 0 Å². The van der Waals surface area contributed by atoms with Crippen molar-refractivity contribution in [2.24, 2.45) is 0 Å². The molecule has 0 aliphatic carbocycles. The summed E-state index contributed by atoms with van der Waals surface area (Å²) in [5.74, 6) is -0.603. The van der Waals surface area contributed by atoms with Crippen LogP contribution in [-0.2, 0) is 9.92 Å². The van der Waals surface area contributed by atoms with Crippen molar-refractivity contribution in [1.29, 1.82) is 4.78 Å². The Bertz CT molecular complexity index is 775. The van der Waals surface area contributed by atoms with Gasteiger partial charge in [-0.05, 0) is 24.6 Å². The van der Waals surface area contributed by atoms with Crippen LogP contribution in [0.5, 0.6) is 5.75 Å². The molecule has 0 saturated carbocycles. The van der Waals surface area contributed by atoms with E-state index in [0.29, 0.717) is 17.5 Å². The number of halogens is 3. The van der Waals surface area contributed by atoms with Crippen LogP contribution >= 0.6 is 0 Å². The molecule has 1 heterocycles. The van der Waals surface area contributed by atoms with Gasteiger partial charge in [0.15, 0.2) is 15.7 Å². The van der Waals surface area contributed by atoms with Crippen molar-refractivity contribution < 1.29 is 22.1 Å². The van der Waals surface area contributed by atoms with E-state index in [1.54, 1.807) is 31.2 Å². The molecule has 2 rings (SSSR count). The normalized spacial score (nSPS) is 15.4. The smallest absolute Gasteiger partial charge is 0.333 e. The van der Waals surface area contributed by atoms with E-state index < -0.39 is 33.3 Å². The van der Waals surface area contributed by atoms with E-state index in [2.05, 4.69) is 9.82 Å². The SMILES string of the molecule is COc1ccc(C(C)NS(=N)(=O)c2nn(C(F)F)cc2F)cc1. The largest absolute Gasteiger partial charge is 0.497 e. The zero-order valence-electron chi connectivity index (χ0n) is 12.3. The molecule has 0 aliphatic heterocycles. The van der Waals surface area contributed by atoms with Crippen LogP contribution < -0.4 is 9.46 Å².